The lowest BCUT2D eigenvalue weighted by Crippen LogP contribution is -2.27. The van der Waals surface area contributed by atoms with E-state index in [9.17, 15) is 9.59 Å². The number of hydrogen-bond donors (Lipinski definition) is 0. The van der Waals surface area contributed by atoms with Gasteiger partial charge in [0, 0.05) is 0 Å². The van der Waals surface area contributed by atoms with E-state index in [4.69, 9.17) is 4.74 Å². The van der Waals surface area contributed by atoms with Crippen molar-refractivity contribution in [3.63, 3.8) is 0 Å². The highest BCUT2D eigenvalue weighted by atomic mass is 127. The number of carbonyl (C=O) groups excluding carboxylic acids is 2. The van der Waals surface area contributed by atoms with E-state index in [-0.39, 0.29) is 17.7 Å². The first-order valence-electron chi connectivity index (χ1n) is 8.73. The number of methoxy groups -OCH3 is 1. The molecule has 1 fully saturated rings. The molecule has 0 aliphatic carbocycles. The number of halogens is 2. The van der Waals surface area contributed by atoms with Gasteiger partial charge in [0.2, 0.25) is 0 Å². The predicted molar refractivity (Wildman–Crippen MR) is 134 cm³/mol. The van der Waals surface area contributed by atoms with E-state index in [0.29, 0.717) is 4.91 Å². The van der Waals surface area contributed by atoms with Crippen molar-refractivity contribution in [2.24, 2.45) is 0 Å². The molecule has 146 valence electrons. The van der Waals surface area contributed by atoms with Crippen molar-refractivity contribution < 1.29 is 14.3 Å². The summed E-state index contributed by atoms with van der Waals surface area (Å²) in [6, 6.07) is 17.8. The third-order valence-electron chi connectivity index (χ3n) is 4.60. The first-order valence-corrected chi connectivity index (χ1v) is 11.7. The Labute approximate surface area is 200 Å². The van der Waals surface area contributed by atoms with Crippen LogP contribution >= 0.6 is 56.9 Å². The number of thioether (sulfide) groups is 1. The second-order valence-electron chi connectivity index (χ2n) is 6.42. The Morgan fingerprint density at radius 1 is 1.03 bits per heavy atom. The maximum absolute atomic E-state index is 12.9. The molecule has 1 aliphatic rings. The van der Waals surface area contributed by atoms with Gasteiger partial charge < -0.3 is 4.74 Å². The number of nitrogens with zero attached hydrogens (tertiary/aromatic N) is 1. The molecule has 2 amide bonds. The SMILES string of the molecule is COc1c(I)cc(/C=C2/SC(=O)N(Cc3cccc4ccccc34)C2=O)cc1I. The zero-order chi connectivity index (χ0) is 20.5. The van der Waals surface area contributed by atoms with Gasteiger partial charge in [0.15, 0.2) is 0 Å². The average Bonchev–Trinajstić information content (AvgIpc) is 2.95. The standard InChI is InChI=1S/C22H15I2NO3S/c1-28-20-17(23)9-13(10-18(20)24)11-19-21(26)25(22(27)29-19)12-15-7-4-6-14-5-2-3-8-16(14)15/h2-11H,12H2,1H3/b19-11+. The van der Waals surface area contributed by atoms with Gasteiger partial charge in [-0.3, -0.25) is 14.5 Å². The minimum absolute atomic E-state index is 0.243. The smallest absolute Gasteiger partial charge is 0.293 e. The molecule has 0 bridgehead atoms. The van der Waals surface area contributed by atoms with Gasteiger partial charge in [0.05, 0.1) is 25.7 Å². The fourth-order valence-corrected chi connectivity index (χ4v) is 6.34. The Morgan fingerprint density at radius 2 is 1.72 bits per heavy atom. The van der Waals surface area contributed by atoms with E-state index in [0.717, 1.165) is 46.6 Å². The van der Waals surface area contributed by atoms with Crippen LogP contribution in [0.4, 0.5) is 4.79 Å². The van der Waals surface area contributed by atoms with Crippen LogP contribution in [0.1, 0.15) is 11.1 Å². The molecular weight excluding hydrogens is 612 g/mol. The number of imide groups is 1. The lowest BCUT2D eigenvalue weighted by Gasteiger charge is -2.14. The van der Waals surface area contributed by atoms with Gasteiger partial charge >= 0.3 is 0 Å². The largest absolute Gasteiger partial charge is 0.495 e. The van der Waals surface area contributed by atoms with E-state index < -0.39 is 0 Å². The first kappa shape index (κ1) is 20.7. The van der Waals surface area contributed by atoms with E-state index in [1.54, 1.807) is 13.2 Å². The van der Waals surface area contributed by atoms with E-state index in [2.05, 4.69) is 45.2 Å². The van der Waals surface area contributed by atoms with Crippen LogP contribution in [0.25, 0.3) is 16.8 Å². The molecule has 3 aromatic carbocycles. The Morgan fingerprint density at radius 3 is 2.45 bits per heavy atom. The van der Waals surface area contributed by atoms with Crippen molar-refractivity contribution >= 4 is 84.9 Å². The summed E-state index contributed by atoms with van der Waals surface area (Å²) in [5.74, 6) is 0.557. The minimum Gasteiger partial charge on any atom is -0.495 e. The summed E-state index contributed by atoms with van der Waals surface area (Å²) in [4.78, 5) is 27.3. The third-order valence-corrected chi connectivity index (χ3v) is 7.11. The molecule has 0 spiro atoms. The van der Waals surface area contributed by atoms with Crippen LogP contribution in [0.2, 0.25) is 0 Å². The molecule has 0 saturated carbocycles. The van der Waals surface area contributed by atoms with Crippen LogP contribution in [-0.2, 0) is 11.3 Å². The Kier molecular flexibility index (Phi) is 6.16. The maximum atomic E-state index is 12.9. The van der Waals surface area contributed by atoms with Crippen molar-refractivity contribution in [1.29, 1.82) is 0 Å². The molecule has 0 N–H and O–H groups in total. The van der Waals surface area contributed by atoms with Crippen molar-refractivity contribution in [1.82, 2.24) is 4.90 Å². The van der Waals surface area contributed by atoms with Crippen LogP contribution in [0.5, 0.6) is 5.75 Å². The quantitative estimate of drug-likeness (QED) is 0.252. The van der Waals surface area contributed by atoms with Crippen molar-refractivity contribution in [3.05, 3.63) is 77.8 Å². The van der Waals surface area contributed by atoms with Gasteiger partial charge in [-0.05, 0) is 97.1 Å². The topological polar surface area (TPSA) is 46.6 Å². The van der Waals surface area contributed by atoms with Crippen LogP contribution < -0.4 is 4.74 Å². The number of hydrogen-bond acceptors (Lipinski definition) is 4. The molecule has 29 heavy (non-hydrogen) atoms. The van der Waals surface area contributed by atoms with E-state index in [1.807, 2.05) is 54.6 Å². The van der Waals surface area contributed by atoms with Gasteiger partial charge in [0.25, 0.3) is 11.1 Å². The third kappa shape index (κ3) is 4.17. The summed E-state index contributed by atoms with van der Waals surface area (Å²) in [5, 5.41) is 1.90. The molecule has 0 unspecified atom stereocenters. The van der Waals surface area contributed by atoms with Crippen LogP contribution in [-0.4, -0.2) is 23.2 Å². The Balaban J connectivity index is 1.63. The molecule has 4 rings (SSSR count). The number of amides is 2. The molecule has 0 aromatic heterocycles. The monoisotopic (exact) mass is 627 g/mol. The van der Waals surface area contributed by atoms with Gasteiger partial charge in [0.1, 0.15) is 5.75 Å². The Bertz CT molecular complexity index is 1150. The molecule has 4 nitrogen and oxygen atoms in total. The van der Waals surface area contributed by atoms with Gasteiger partial charge in [-0.2, -0.15) is 0 Å². The van der Waals surface area contributed by atoms with Gasteiger partial charge in [-0.15, -0.1) is 0 Å². The van der Waals surface area contributed by atoms with Crippen molar-refractivity contribution in [3.8, 4) is 5.75 Å². The molecule has 1 aliphatic heterocycles. The summed E-state index contributed by atoms with van der Waals surface area (Å²) in [6.45, 7) is 0.265. The highest BCUT2D eigenvalue weighted by Crippen LogP contribution is 2.36. The summed E-state index contributed by atoms with van der Waals surface area (Å²) >= 11 is 5.40. The van der Waals surface area contributed by atoms with Gasteiger partial charge in [-0.25, -0.2) is 0 Å². The second kappa shape index (κ2) is 8.65. The summed E-state index contributed by atoms with van der Waals surface area (Å²) in [6.07, 6.45) is 1.78. The fourth-order valence-electron chi connectivity index (χ4n) is 3.25. The van der Waals surface area contributed by atoms with Crippen molar-refractivity contribution in [2.45, 2.75) is 6.54 Å². The molecule has 7 heteroatoms. The normalized spacial score (nSPS) is 15.6. The van der Waals surface area contributed by atoms with Crippen LogP contribution in [0, 0.1) is 7.14 Å². The summed E-state index contributed by atoms with van der Waals surface area (Å²) < 4.78 is 7.30. The number of rotatable bonds is 4. The molecule has 1 saturated heterocycles. The number of carbonyl (C=O) groups is 2. The molecule has 0 radical (unpaired) electrons. The highest BCUT2D eigenvalue weighted by Gasteiger charge is 2.35. The van der Waals surface area contributed by atoms with E-state index >= 15 is 0 Å². The Hall–Kier alpha value is -1.59. The predicted octanol–water partition coefficient (Wildman–Crippen LogP) is 6.29. The number of ether oxygens (including phenoxy) is 1. The zero-order valence-corrected chi connectivity index (χ0v) is 20.4. The van der Waals surface area contributed by atoms with Gasteiger partial charge in [-0.1, -0.05) is 42.5 Å². The summed E-state index contributed by atoms with van der Waals surface area (Å²) in [5.41, 5.74) is 1.83. The van der Waals surface area contributed by atoms with E-state index in [1.165, 1.54) is 4.90 Å². The fraction of sp³-hybridized carbons (Fsp3) is 0.0909. The first-order chi connectivity index (χ1) is 14.0. The molecule has 3 aromatic rings. The molecule has 1 heterocycles. The average molecular weight is 627 g/mol. The highest BCUT2D eigenvalue weighted by molar-refractivity contribution is 14.1. The number of benzene rings is 3. The minimum atomic E-state index is -0.256. The molecule has 0 atom stereocenters. The molecular formula is C22H15I2NO3S. The lowest BCUT2D eigenvalue weighted by molar-refractivity contribution is -0.123. The lowest BCUT2D eigenvalue weighted by atomic mass is 10.0. The maximum Gasteiger partial charge on any atom is 0.293 e. The second-order valence-corrected chi connectivity index (χ2v) is 9.74. The van der Waals surface area contributed by atoms with Crippen molar-refractivity contribution in [2.75, 3.05) is 7.11 Å². The zero-order valence-electron chi connectivity index (χ0n) is 15.3. The summed E-state index contributed by atoms with van der Waals surface area (Å²) in [7, 11) is 1.64. The number of fused-ring (bicyclic) bond motifs is 1. The van der Waals surface area contributed by atoms with Crippen LogP contribution in [0.15, 0.2) is 59.5 Å². The van der Waals surface area contributed by atoms with Crippen LogP contribution in [0.3, 0.4) is 0 Å².